The Morgan fingerprint density at radius 1 is 1.24 bits per heavy atom. The first-order valence-corrected chi connectivity index (χ1v) is 9.66. The average Bonchev–Trinajstić information content (AvgIpc) is 2.62. The van der Waals surface area contributed by atoms with E-state index in [4.69, 9.17) is 9.72 Å². The molecule has 3 rings (SSSR count). The Hall–Kier alpha value is -1.46. The van der Waals surface area contributed by atoms with Gasteiger partial charge in [-0.05, 0) is 46.6 Å². The standard InChI is InChI=1S/C20H32N4O/c1-16(2)6-4-8-23-9-5-7-18(15-23)19-14-20(22-17(3)21-19)24-10-12-25-13-11-24/h6,14,18H,4-5,7-13,15H2,1-3H3/t18-/m1/s1. The van der Waals surface area contributed by atoms with Gasteiger partial charge in [-0.25, -0.2) is 9.97 Å². The van der Waals surface area contributed by atoms with Crippen LogP contribution in [-0.4, -0.2) is 60.8 Å². The molecule has 0 saturated carbocycles. The van der Waals surface area contributed by atoms with Crippen LogP contribution in [0.5, 0.6) is 0 Å². The second-order valence-electron chi connectivity index (χ2n) is 7.51. The predicted molar refractivity (Wildman–Crippen MR) is 102 cm³/mol. The number of likely N-dealkylation sites (tertiary alicyclic amines) is 1. The minimum atomic E-state index is 0.530. The van der Waals surface area contributed by atoms with E-state index in [1.165, 1.54) is 30.7 Å². The summed E-state index contributed by atoms with van der Waals surface area (Å²) in [7, 11) is 0. The zero-order chi connectivity index (χ0) is 17.6. The molecule has 2 saturated heterocycles. The fourth-order valence-electron chi connectivity index (χ4n) is 3.77. The number of morpholine rings is 1. The molecule has 2 aliphatic rings. The summed E-state index contributed by atoms with van der Waals surface area (Å²) in [5, 5.41) is 0. The molecule has 0 aromatic carbocycles. The molecular weight excluding hydrogens is 312 g/mol. The van der Waals surface area contributed by atoms with Crippen molar-refractivity contribution < 1.29 is 4.74 Å². The zero-order valence-electron chi connectivity index (χ0n) is 16.0. The van der Waals surface area contributed by atoms with E-state index < -0.39 is 0 Å². The van der Waals surface area contributed by atoms with Crippen LogP contribution < -0.4 is 4.90 Å². The number of ether oxygens (including phenoxy) is 1. The van der Waals surface area contributed by atoms with E-state index in [-0.39, 0.29) is 0 Å². The van der Waals surface area contributed by atoms with Crippen LogP contribution in [0, 0.1) is 6.92 Å². The number of nitrogens with zero attached hydrogens (tertiary/aromatic N) is 4. The average molecular weight is 345 g/mol. The van der Waals surface area contributed by atoms with Gasteiger partial charge >= 0.3 is 0 Å². The number of aromatic nitrogens is 2. The van der Waals surface area contributed by atoms with E-state index in [2.05, 4.69) is 40.8 Å². The first-order chi connectivity index (χ1) is 12.1. The number of aryl methyl sites for hydroxylation is 1. The Kier molecular flexibility index (Phi) is 6.43. The largest absolute Gasteiger partial charge is 0.378 e. The lowest BCUT2D eigenvalue weighted by molar-refractivity contribution is 0.122. The number of anilines is 1. The second kappa shape index (κ2) is 8.77. The molecule has 0 N–H and O–H groups in total. The minimum Gasteiger partial charge on any atom is -0.378 e. The minimum absolute atomic E-state index is 0.530. The summed E-state index contributed by atoms with van der Waals surface area (Å²) in [5.41, 5.74) is 2.64. The Bertz CT molecular complexity index is 591. The molecule has 0 radical (unpaired) electrons. The SMILES string of the molecule is CC(C)=CCCN1CCC[C@@H](c2cc(N3CCOCC3)nc(C)n2)C1. The Labute approximate surface area is 152 Å². The smallest absolute Gasteiger partial charge is 0.132 e. The van der Waals surface area contributed by atoms with Crippen LogP contribution in [0.15, 0.2) is 17.7 Å². The summed E-state index contributed by atoms with van der Waals surface area (Å²) >= 11 is 0. The molecule has 25 heavy (non-hydrogen) atoms. The van der Waals surface area contributed by atoms with Gasteiger partial charge in [-0.15, -0.1) is 0 Å². The van der Waals surface area contributed by atoms with Gasteiger partial charge < -0.3 is 14.5 Å². The number of hydrogen-bond acceptors (Lipinski definition) is 5. The van der Waals surface area contributed by atoms with E-state index in [1.54, 1.807) is 0 Å². The van der Waals surface area contributed by atoms with Crippen molar-refractivity contribution in [1.29, 1.82) is 0 Å². The topological polar surface area (TPSA) is 41.5 Å². The number of rotatable bonds is 5. The van der Waals surface area contributed by atoms with E-state index in [9.17, 15) is 0 Å². The summed E-state index contributed by atoms with van der Waals surface area (Å²) in [6.07, 6.45) is 5.99. The maximum Gasteiger partial charge on any atom is 0.132 e. The summed E-state index contributed by atoms with van der Waals surface area (Å²) < 4.78 is 5.47. The van der Waals surface area contributed by atoms with E-state index in [0.717, 1.165) is 57.5 Å². The molecule has 138 valence electrons. The van der Waals surface area contributed by atoms with Crippen molar-refractivity contribution in [3.8, 4) is 0 Å². The first-order valence-electron chi connectivity index (χ1n) is 9.66. The van der Waals surface area contributed by atoms with Crippen LogP contribution in [-0.2, 0) is 4.74 Å². The number of hydrogen-bond donors (Lipinski definition) is 0. The van der Waals surface area contributed by atoms with E-state index in [1.807, 2.05) is 6.92 Å². The summed E-state index contributed by atoms with van der Waals surface area (Å²) in [5.74, 6) is 2.50. The van der Waals surface area contributed by atoms with Crippen LogP contribution in [0.3, 0.4) is 0 Å². The van der Waals surface area contributed by atoms with Crippen LogP contribution in [0.2, 0.25) is 0 Å². The summed E-state index contributed by atoms with van der Waals surface area (Å²) in [6, 6.07) is 2.22. The fourth-order valence-corrected chi connectivity index (χ4v) is 3.77. The van der Waals surface area contributed by atoms with Gasteiger partial charge in [0.25, 0.3) is 0 Å². The molecule has 0 unspecified atom stereocenters. The molecule has 0 amide bonds. The Morgan fingerprint density at radius 3 is 2.80 bits per heavy atom. The predicted octanol–water partition coefficient (Wildman–Crippen LogP) is 3.16. The third-order valence-electron chi connectivity index (χ3n) is 5.10. The van der Waals surface area contributed by atoms with Gasteiger partial charge in [0.2, 0.25) is 0 Å². The Morgan fingerprint density at radius 2 is 2.04 bits per heavy atom. The highest BCUT2D eigenvalue weighted by Crippen LogP contribution is 2.28. The van der Waals surface area contributed by atoms with Crippen molar-refractivity contribution in [2.75, 3.05) is 50.8 Å². The summed E-state index contributed by atoms with van der Waals surface area (Å²) in [6.45, 7) is 13.3. The molecule has 1 atom stereocenters. The van der Waals surface area contributed by atoms with Crippen molar-refractivity contribution in [2.45, 2.75) is 46.0 Å². The molecule has 3 heterocycles. The molecule has 1 aromatic rings. The van der Waals surface area contributed by atoms with Gasteiger partial charge in [0, 0.05) is 38.2 Å². The lowest BCUT2D eigenvalue weighted by Crippen LogP contribution is -2.37. The van der Waals surface area contributed by atoms with Crippen molar-refractivity contribution in [3.05, 3.63) is 29.2 Å². The number of piperidine rings is 1. The van der Waals surface area contributed by atoms with Crippen molar-refractivity contribution in [2.24, 2.45) is 0 Å². The normalized spacial score (nSPS) is 22.0. The quantitative estimate of drug-likeness (QED) is 0.768. The second-order valence-corrected chi connectivity index (χ2v) is 7.51. The molecule has 0 bridgehead atoms. The molecule has 2 aliphatic heterocycles. The van der Waals surface area contributed by atoms with Crippen molar-refractivity contribution >= 4 is 5.82 Å². The van der Waals surface area contributed by atoms with Gasteiger partial charge in [-0.2, -0.15) is 0 Å². The van der Waals surface area contributed by atoms with Gasteiger partial charge in [0.15, 0.2) is 0 Å². The highest BCUT2D eigenvalue weighted by molar-refractivity contribution is 5.41. The lowest BCUT2D eigenvalue weighted by Gasteiger charge is -2.33. The van der Waals surface area contributed by atoms with Gasteiger partial charge in [-0.3, -0.25) is 0 Å². The summed E-state index contributed by atoms with van der Waals surface area (Å²) in [4.78, 5) is 14.4. The van der Waals surface area contributed by atoms with Gasteiger partial charge in [-0.1, -0.05) is 11.6 Å². The lowest BCUT2D eigenvalue weighted by atomic mass is 9.94. The molecule has 0 spiro atoms. The van der Waals surface area contributed by atoms with Gasteiger partial charge in [0.1, 0.15) is 11.6 Å². The maximum atomic E-state index is 5.47. The molecule has 1 aromatic heterocycles. The van der Waals surface area contributed by atoms with Crippen molar-refractivity contribution in [3.63, 3.8) is 0 Å². The van der Waals surface area contributed by atoms with E-state index >= 15 is 0 Å². The van der Waals surface area contributed by atoms with Crippen LogP contribution in [0.4, 0.5) is 5.82 Å². The molecule has 5 nitrogen and oxygen atoms in total. The monoisotopic (exact) mass is 344 g/mol. The first kappa shape index (κ1) is 18.3. The van der Waals surface area contributed by atoms with Crippen molar-refractivity contribution in [1.82, 2.24) is 14.9 Å². The third kappa shape index (κ3) is 5.25. The van der Waals surface area contributed by atoms with Gasteiger partial charge in [0.05, 0.1) is 18.9 Å². The van der Waals surface area contributed by atoms with E-state index in [0.29, 0.717) is 5.92 Å². The Balaban J connectivity index is 1.67. The molecular formula is C20H32N4O. The highest BCUT2D eigenvalue weighted by Gasteiger charge is 2.24. The zero-order valence-corrected chi connectivity index (χ0v) is 16.0. The molecule has 0 aliphatic carbocycles. The fraction of sp³-hybridized carbons (Fsp3) is 0.700. The maximum absolute atomic E-state index is 5.47. The highest BCUT2D eigenvalue weighted by atomic mass is 16.5. The van der Waals surface area contributed by atoms with Crippen LogP contribution in [0.1, 0.15) is 50.5 Å². The molecule has 5 heteroatoms. The molecule has 2 fully saturated rings. The number of allylic oxidation sites excluding steroid dienone is 1. The van der Waals surface area contributed by atoms with Crippen LogP contribution >= 0.6 is 0 Å². The van der Waals surface area contributed by atoms with Crippen LogP contribution in [0.25, 0.3) is 0 Å². The third-order valence-corrected chi connectivity index (χ3v) is 5.10.